The van der Waals surface area contributed by atoms with Crippen LogP contribution in [0.3, 0.4) is 0 Å². The summed E-state index contributed by atoms with van der Waals surface area (Å²) in [5.41, 5.74) is -0.166. The average Bonchev–Trinajstić information content (AvgIpc) is 3.38. The highest BCUT2D eigenvalue weighted by molar-refractivity contribution is 7.99. The van der Waals surface area contributed by atoms with Crippen molar-refractivity contribution in [2.75, 3.05) is 41.1 Å². The smallest absolute Gasteiger partial charge is 0.353 e. The minimum absolute atomic E-state index is 0.0740. The van der Waals surface area contributed by atoms with Crippen LogP contribution in [0.5, 0.6) is 0 Å². The van der Waals surface area contributed by atoms with E-state index in [1.165, 1.54) is 12.6 Å². The average molecular weight is 407 g/mol. The van der Waals surface area contributed by atoms with Gasteiger partial charge in [-0.15, -0.1) is 11.8 Å². The number of ether oxygens (including phenoxy) is 1. The predicted octanol–water partition coefficient (Wildman–Crippen LogP) is 2.45. The summed E-state index contributed by atoms with van der Waals surface area (Å²) in [6, 6.07) is 3.50. The van der Waals surface area contributed by atoms with Gasteiger partial charge in [0.15, 0.2) is 0 Å². The third-order valence-electron chi connectivity index (χ3n) is 4.14. The molecule has 28 heavy (non-hydrogen) atoms. The predicted molar refractivity (Wildman–Crippen MR) is 104 cm³/mol. The van der Waals surface area contributed by atoms with Crippen molar-refractivity contribution in [3.8, 4) is 0 Å². The van der Waals surface area contributed by atoms with Crippen LogP contribution < -0.4 is 9.80 Å². The number of rotatable bonds is 9. The maximum Gasteiger partial charge on any atom is 0.353 e. The summed E-state index contributed by atoms with van der Waals surface area (Å²) in [6.07, 6.45) is 2.92. The van der Waals surface area contributed by atoms with E-state index in [4.69, 9.17) is 9.15 Å². The van der Waals surface area contributed by atoms with Crippen LogP contribution in [0.1, 0.15) is 19.1 Å². The van der Waals surface area contributed by atoms with Gasteiger partial charge in [0, 0.05) is 18.8 Å². The van der Waals surface area contributed by atoms with Crippen LogP contribution >= 0.6 is 11.8 Å². The first-order valence-corrected chi connectivity index (χ1v) is 10.0. The van der Waals surface area contributed by atoms with Gasteiger partial charge in [0.05, 0.1) is 36.6 Å². The van der Waals surface area contributed by atoms with E-state index in [1.807, 2.05) is 4.90 Å². The summed E-state index contributed by atoms with van der Waals surface area (Å²) in [5, 5.41) is 11.9. The lowest BCUT2D eigenvalue weighted by molar-refractivity contribution is -0.383. The molecule has 1 aliphatic heterocycles. The Morgan fingerprint density at radius 2 is 2.36 bits per heavy atom. The lowest BCUT2D eigenvalue weighted by Gasteiger charge is -2.24. The van der Waals surface area contributed by atoms with Gasteiger partial charge in [0.1, 0.15) is 12.1 Å². The van der Waals surface area contributed by atoms with E-state index in [0.29, 0.717) is 24.0 Å². The number of furan rings is 1. The maximum absolute atomic E-state index is 11.9. The molecular formula is C17H21N5O5S. The Morgan fingerprint density at radius 3 is 3.00 bits per heavy atom. The van der Waals surface area contributed by atoms with Crippen molar-refractivity contribution in [1.29, 1.82) is 0 Å². The summed E-state index contributed by atoms with van der Waals surface area (Å²) in [7, 11) is 0. The Kier molecular flexibility index (Phi) is 6.69. The highest BCUT2D eigenvalue weighted by Crippen LogP contribution is 2.36. The van der Waals surface area contributed by atoms with E-state index >= 15 is 0 Å². The molecule has 0 saturated carbocycles. The first kappa shape index (κ1) is 19.9. The fourth-order valence-electron chi connectivity index (χ4n) is 2.88. The molecule has 0 bridgehead atoms. The Morgan fingerprint density at radius 1 is 1.50 bits per heavy atom. The van der Waals surface area contributed by atoms with E-state index in [9.17, 15) is 14.9 Å². The minimum atomic E-state index is -0.465. The quantitative estimate of drug-likeness (QED) is 0.349. The topological polar surface area (TPSA) is 115 Å². The summed E-state index contributed by atoms with van der Waals surface area (Å²) >= 11 is 1.69. The van der Waals surface area contributed by atoms with Gasteiger partial charge in [-0.3, -0.25) is 14.9 Å². The number of esters is 1. The Bertz CT molecular complexity index is 810. The van der Waals surface area contributed by atoms with Crippen molar-refractivity contribution < 1.29 is 18.9 Å². The fourth-order valence-corrected chi connectivity index (χ4v) is 3.83. The molecule has 2 aromatic rings. The van der Waals surface area contributed by atoms with Crippen LogP contribution in [0.2, 0.25) is 0 Å². The Labute approximate surface area is 166 Å². The second kappa shape index (κ2) is 9.40. The fraction of sp³-hybridized carbons (Fsp3) is 0.471. The maximum atomic E-state index is 11.9. The monoisotopic (exact) mass is 407 g/mol. The van der Waals surface area contributed by atoms with Gasteiger partial charge in [-0.1, -0.05) is 0 Å². The van der Waals surface area contributed by atoms with Crippen molar-refractivity contribution in [2.24, 2.45) is 0 Å². The van der Waals surface area contributed by atoms with E-state index in [2.05, 4.69) is 9.97 Å². The molecule has 0 radical (unpaired) electrons. The standard InChI is InChI=1S/C17H21N5O5S/c1-2-26-14(23)5-6-20(10-13-4-3-8-27-13)16-15(22(24)25)17(19-11-18-16)21-7-9-28-12-21/h3-4,8,11H,2,5-7,9-10,12H2,1H3. The lowest BCUT2D eigenvalue weighted by atomic mass is 10.3. The summed E-state index contributed by atoms with van der Waals surface area (Å²) in [5.74, 6) is 2.20. The van der Waals surface area contributed by atoms with Crippen LogP contribution in [0.25, 0.3) is 0 Å². The largest absolute Gasteiger partial charge is 0.467 e. The Balaban J connectivity index is 1.94. The third-order valence-corrected chi connectivity index (χ3v) is 5.10. The number of hydrogen-bond donors (Lipinski definition) is 0. The first-order chi connectivity index (χ1) is 13.6. The zero-order valence-corrected chi connectivity index (χ0v) is 16.3. The number of aromatic nitrogens is 2. The molecule has 0 amide bonds. The van der Waals surface area contributed by atoms with Crippen molar-refractivity contribution in [1.82, 2.24) is 9.97 Å². The summed E-state index contributed by atoms with van der Waals surface area (Å²) < 4.78 is 10.4. The van der Waals surface area contributed by atoms with Crippen LogP contribution in [0.15, 0.2) is 29.1 Å². The van der Waals surface area contributed by atoms with Crippen LogP contribution in [0.4, 0.5) is 17.3 Å². The number of nitro groups is 1. The van der Waals surface area contributed by atoms with Gasteiger partial charge in [0.2, 0.25) is 11.6 Å². The van der Waals surface area contributed by atoms with Crippen molar-refractivity contribution in [3.05, 3.63) is 40.6 Å². The lowest BCUT2D eigenvalue weighted by Crippen LogP contribution is -2.29. The molecule has 0 aromatic carbocycles. The van der Waals surface area contributed by atoms with E-state index in [0.717, 1.165) is 5.75 Å². The molecular weight excluding hydrogens is 386 g/mol. The molecule has 0 unspecified atom stereocenters. The molecule has 1 aliphatic rings. The third kappa shape index (κ3) is 4.71. The van der Waals surface area contributed by atoms with Crippen LogP contribution in [-0.4, -0.2) is 52.2 Å². The SMILES string of the molecule is CCOC(=O)CCN(Cc1ccco1)c1ncnc(N2CCSC2)c1[N+](=O)[O-]. The molecule has 0 N–H and O–H groups in total. The molecule has 1 saturated heterocycles. The minimum Gasteiger partial charge on any atom is -0.467 e. The molecule has 0 aliphatic carbocycles. The molecule has 3 rings (SSSR count). The highest BCUT2D eigenvalue weighted by Gasteiger charge is 2.31. The molecule has 3 heterocycles. The molecule has 150 valence electrons. The molecule has 0 atom stereocenters. The summed E-state index contributed by atoms with van der Waals surface area (Å²) in [6.45, 7) is 3.13. The van der Waals surface area contributed by atoms with Crippen molar-refractivity contribution >= 4 is 35.1 Å². The molecule has 2 aromatic heterocycles. The van der Waals surface area contributed by atoms with Gasteiger partial charge in [-0.25, -0.2) is 9.97 Å². The Hall–Kier alpha value is -2.82. The number of hydrogen-bond acceptors (Lipinski definition) is 10. The number of nitrogens with zero attached hydrogens (tertiary/aromatic N) is 5. The second-order valence-electron chi connectivity index (χ2n) is 5.98. The first-order valence-electron chi connectivity index (χ1n) is 8.85. The molecule has 10 nitrogen and oxygen atoms in total. The molecule has 1 fully saturated rings. The van der Waals surface area contributed by atoms with Crippen LogP contribution in [-0.2, 0) is 16.1 Å². The van der Waals surface area contributed by atoms with Gasteiger partial charge in [-0.05, 0) is 19.1 Å². The number of thioether (sulfide) groups is 1. The number of carbonyl (C=O) groups excluding carboxylic acids is 1. The summed E-state index contributed by atoms with van der Waals surface area (Å²) in [4.78, 5) is 35.1. The van der Waals surface area contributed by atoms with Gasteiger partial charge in [-0.2, -0.15) is 0 Å². The van der Waals surface area contributed by atoms with E-state index in [1.54, 1.807) is 35.7 Å². The normalized spacial score (nSPS) is 13.5. The van der Waals surface area contributed by atoms with Crippen LogP contribution in [0, 0.1) is 10.1 Å². The zero-order valence-electron chi connectivity index (χ0n) is 15.4. The zero-order chi connectivity index (χ0) is 19.9. The van der Waals surface area contributed by atoms with E-state index in [-0.39, 0.29) is 43.6 Å². The number of anilines is 2. The van der Waals surface area contributed by atoms with Crippen molar-refractivity contribution in [2.45, 2.75) is 19.9 Å². The highest BCUT2D eigenvalue weighted by atomic mass is 32.2. The van der Waals surface area contributed by atoms with Crippen molar-refractivity contribution in [3.63, 3.8) is 0 Å². The van der Waals surface area contributed by atoms with Gasteiger partial charge < -0.3 is 19.0 Å². The van der Waals surface area contributed by atoms with Gasteiger partial charge in [0.25, 0.3) is 0 Å². The molecule has 0 spiro atoms. The van der Waals surface area contributed by atoms with Gasteiger partial charge >= 0.3 is 11.7 Å². The second-order valence-corrected chi connectivity index (χ2v) is 7.06. The van der Waals surface area contributed by atoms with E-state index < -0.39 is 4.92 Å². The number of carbonyl (C=O) groups is 1. The molecule has 11 heteroatoms.